The summed E-state index contributed by atoms with van der Waals surface area (Å²) >= 11 is 0. The molecule has 0 aliphatic carbocycles. The van der Waals surface area contributed by atoms with Gasteiger partial charge < -0.3 is 10.8 Å². The van der Waals surface area contributed by atoms with Crippen LogP contribution in [0.2, 0.25) is 0 Å². The lowest BCUT2D eigenvalue weighted by molar-refractivity contribution is 0.474. The minimum atomic E-state index is -0.0111. The van der Waals surface area contributed by atoms with Gasteiger partial charge in [0.15, 0.2) is 0 Å². The van der Waals surface area contributed by atoms with Crippen LogP contribution in [0.25, 0.3) is 0 Å². The van der Waals surface area contributed by atoms with Crippen molar-refractivity contribution in [3.05, 3.63) is 42.0 Å². The average molecular weight is 191 g/mol. The lowest BCUT2D eigenvalue weighted by Crippen LogP contribution is -2.11. The lowest BCUT2D eigenvalue weighted by Gasteiger charge is -2.14. The molecule has 0 saturated heterocycles. The molecule has 0 bridgehead atoms. The predicted molar refractivity (Wildman–Crippen MR) is 59.2 cm³/mol. The molecule has 1 aromatic carbocycles. The van der Waals surface area contributed by atoms with Gasteiger partial charge in [-0.15, -0.1) is 6.58 Å². The minimum absolute atomic E-state index is 0.0111. The molecule has 0 saturated carbocycles. The van der Waals surface area contributed by atoms with E-state index in [9.17, 15) is 5.11 Å². The molecular formula is C12H17NO. The van der Waals surface area contributed by atoms with Crippen molar-refractivity contribution in [2.75, 3.05) is 0 Å². The van der Waals surface area contributed by atoms with Crippen molar-refractivity contribution in [1.29, 1.82) is 0 Å². The van der Waals surface area contributed by atoms with Gasteiger partial charge in [-0.1, -0.05) is 19.1 Å². The summed E-state index contributed by atoms with van der Waals surface area (Å²) < 4.78 is 0. The van der Waals surface area contributed by atoms with E-state index in [1.54, 1.807) is 12.1 Å². The summed E-state index contributed by atoms with van der Waals surface area (Å²) in [4.78, 5) is 0. The second-order valence-electron chi connectivity index (χ2n) is 3.37. The van der Waals surface area contributed by atoms with E-state index in [1.807, 2.05) is 12.1 Å². The third-order valence-corrected chi connectivity index (χ3v) is 2.33. The number of aromatic hydroxyl groups is 1. The summed E-state index contributed by atoms with van der Waals surface area (Å²) in [6, 6.07) is 5.33. The van der Waals surface area contributed by atoms with Gasteiger partial charge in [-0.25, -0.2) is 0 Å². The van der Waals surface area contributed by atoms with Gasteiger partial charge in [0.1, 0.15) is 5.75 Å². The van der Waals surface area contributed by atoms with Gasteiger partial charge in [0.25, 0.3) is 0 Å². The normalized spacial score (nSPS) is 12.4. The molecule has 1 atom stereocenters. The molecule has 0 spiro atoms. The molecular weight excluding hydrogens is 174 g/mol. The summed E-state index contributed by atoms with van der Waals surface area (Å²) in [5.41, 5.74) is 8.19. The molecule has 0 aromatic heterocycles. The van der Waals surface area contributed by atoms with Gasteiger partial charge in [0.05, 0.1) is 0 Å². The second kappa shape index (κ2) is 4.82. The summed E-state index contributed by atoms with van der Waals surface area (Å²) in [5.74, 6) is 0.302. The van der Waals surface area contributed by atoms with Crippen LogP contribution in [-0.4, -0.2) is 5.11 Å². The molecule has 3 N–H and O–H groups in total. The molecule has 2 heteroatoms. The first kappa shape index (κ1) is 10.8. The number of hydrogen-bond acceptors (Lipinski definition) is 2. The van der Waals surface area contributed by atoms with Gasteiger partial charge in [-0.05, 0) is 36.1 Å². The molecule has 76 valence electrons. The highest BCUT2D eigenvalue weighted by Crippen LogP contribution is 2.23. The van der Waals surface area contributed by atoms with Crippen LogP contribution >= 0.6 is 0 Å². The fourth-order valence-electron chi connectivity index (χ4n) is 1.57. The molecule has 0 unspecified atom stereocenters. The average Bonchev–Trinajstić information content (AvgIpc) is 2.17. The van der Waals surface area contributed by atoms with E-state index < -0.39 is 0 Å². The van der Waals surface area contributed by atoms with Crippen LogP contribution < -0.4 is 5.73 Å². The fourth-order valence-corrected chi connectivity index (χ4v) is 1.57. The Labute approximate surface area is 85.1 Å². The number of hydrogen-bond donors (Lipinski definition) is 2. The van der Waals surface area contributed by atoms with Gasteiger partial charge in [-0.3, -0.25) is 0 Å². The smallest absolute Gasteiger partial charge is 0.115 e. The van der Waals surface area contributed by atoms with E-state index in [0.29, 0.717) is 5.75 Å². The largest absolute Gasteiger partial charge is 0.508 e. The Morgan fingerprint density at radius 3 is 2.86 bits per heavy atom. The molecule has 0 aliphatic rings. The van der Waals surface area contributed by atoms with Crippen molar-refractivity contribution in [3.8, 4) is 5.75 Å². The van der Waals surface area contributed by atoms with E-state index in [2.05, 4.69) is 13.5 Å². The quantitative estimate of drug-likeness (QED) is 0.718. The van der Waals surface area contributed by atoms with E-state index >= 15 is 0 Å². The maximum absolute atomic E-state index is 9.32. The number of nitrogens with two attached hydrogens (primary N) is 1. The number of phenolic OH excluding ortho intramolecular Hbond substituents is 1. The molecule has 0 aliphatic heterocycles. The zero-order valence-electron chi connectivity index (χ0n) is 8.53. The van der Waals surface area contributed by atoms with Crippen molar-refractivity contribution < 1.29 is 5.11 Å². The van der Waals surface area contributed by atoms with Crippen molar-refractivity contribution >= 4 is 0 Å². The monoisotopic (exact) mass is 191 g/mol. The molecule has 0 radical (unpaired) electrons. The van der Waals surface area contributed by atoms with Crippen molar-refractivity contribution in [1.82, 2.24) is 0 Å². The zero-order chi connectivity index (χ0) is 10.6. The van der Waals surface area contributed by atoms with Crippen LogP contribution in [0, 0.1) is 0 Å². The summed E-state index contributed by atoms with van der Waals surface area (Å²) in [6.07, 6.45) is 3.46. The highest BCUT2D eigenvalue weighted by atomic mass is 16.3. The van der Waals surface area contributed by atoms with Crippen molar-refractivity contribution in [2.24, 2.45) is 5.73 Å². The summed E-state index contributed by atoms with van der Waals surface area (Å²) in [6.45, 7) is 5.72. The highest BCUT2D eigenvalue weighted by molar-refractivity contribution is 5.36. The lowest BCUT2D eigenvalue weighted by atomic mass is 9.97. The molecule has 1 rings (SSSR count). The second-order valence-corrected chi connectivity index (χ2v) is 3.37. The maximum Gasteiger partial charge on any atom is 0.115 e. The van der Waals surface area contributed by atoms with E-state index in [-0.39, 0.29) is 6.04 Å². The molecule has 0 heterocycles. The van der Waals surface area contributed by atoms with Crippen molar-refractivity contribution in [2.45, 2.75) is 25.8 Å². The van der Waals surface area contributed by atoms with Crippen LogP contribution in [0.4, 0.5) is 0 Å². The van der Waals surface area contributed by atoms with E-state index in [0.717, 1.165) is 24.0 Å². The Kier molecular flexibility index (Phi) is 3.72. The molecule has 1 aromatic rings. The molecule has 14 heavy (non-hydrogen) atoms. The first-order chi connectivity index (χ1) is 6.69. The zero-order valence-corrected chi connectivity index (χ0v) is 8.53. The Morgan fingerprint density at radius 1 is 1.57 bits per heavy atom. The Bertz CT molecular complexity index is 320. The molecule has 0 fully saturated rings. The van der Waals surface area contributed by atoms with Crippen LogP contribution in [0.5, 0.6) is 5.75 Å². The van der Waals surface area contributed by atoms with Crippen molar-refractivity contribution in [3.63, 3.8) is 0 Å². The number of aryl methyl sites for hydroxylation is 1. The first-order valence-corrected chi connectivity index (χ1v) is 4.87. The van der Waals surface area contributed by atoms with E-state index in [1.165, 1.54) is 0 Å². The first-order valence-electron chi connectivity index (χ1n) is 4.87. The van der Waals surface area contributed by atoms with Crippen LogP contribution in [0.1, 0.15) is 30.5 Å². The van der Waals surface area contributed by atoms with Gasteiger partial charge in [0, 0.05) is 6.04 Å². The third-order valence-electron chi connectivity index (χ3n) is 2.33. The van der Waals surface area contributed by atoms with Gasteiger partial charge in [0.2, 0.25) is 0 Å². The maximum atomic E-state index is 9.32. The number of rotatable bonds is 4. The van der Waals surface area contributed by atoms with Crippen LogP contribution in [-0.2, 0) is 6.42 Å². The standard InChI is InChI=1S/C12H17NO/c1-3-5-12(13)11-7-6-10(14)8-9(11)4-2/h3,6-8,12,14H,1,4-5,13H2,2H3/t12-/m1/s1. The predicted octanol–water partition coefficient (Wildman–Crippen LogP) is 2.53. The Morgan fingerprint density at radius 2 is 2.29 bits per heavy atom. The number of phenols is 1. The summed E-state index contributed by atoms with van der Waals surface area (Å²) in [7, 11) is 0. The fraction of sp³-hybridized carbons (Fsp3) is 0.333. The Balaban J connectivity index is 3.00. The number of benzene rings is 1. The molecule has 2 nitrogen and oxygen atoms in total. The van der Waals surface area contributed by atoms with Crippen LogP contribution in [0.15, 0.2) is 30.9 Å². The minimum Gasteiger partial charge on any atom is -0.508 e. The Hall–Kier alpha value is -1.28. The highest BCUT2D eigenvalue weighted by Gasteiger charge is 2.08. The SMILES string of the molecule is C=CC[C@@H](N)c1ccc(O)cc1CC. The van der Waals surface area contributed by atoms with E-state index in [4.69, 9.17) is 5.73 Å². The topological polar surface area (TPSA) is 46.2 Å². The van der Waals surface area contributed by atoms with Crippen LogP contribution in [0.3, 0.4) is 0 Å². The van der Waals surface area contributed by atoms with Gasteiger partial charge >= 0.3 is 0 Å². The third kappa shape index (κ3) is 2.36. The van der Waals surface area contributed by atoms with Gasteiger partial charge in [-0.2, -0.15) is 0 Å². The summed E-state index contributed by atoms with van der Waals surface area (Å²) in [5, 5.41) is 9.32. The molecule has 0 amide bonds.